The van der Waals surface area contributed by atoms with E-state index in [1.54, 1.807) is 6.07 Å². The summed E-state index contributed by atoms with van der Waals surface area (Å²) in [6, 6.07) is 10.0. The van der Waals surface area contributed by atoms with Crippen LogP contribution in [-0.2, 0) is 17.9 Å². The van der Waals surface area contributed by atoms with Crippen molar-refractivity contribution in [3.63, 3.8) is 0 Å². The van der Waals surface area contributed by atoms with Crippen LogP contribution in [-0.4, -0.2) is 22.7 Å². The molecular weight excluding hydrogens is 325 g/mol. The first kappa shape index (κ1) is 15.5. The second kappa shape index (κ2) is 6.45. The van der Waals surface area contributed by atoms with Crippen molar-refractivity contribution >= 4 is 16.9 Å². The summed E-state index contributed by atoms with van der Waals surface area (Å²) >= 11 is 0. The Kier molecular flexibility index (Phi) is 3.99. The number of nitrogens with zero attached hydrogens (tertiary/aromatic N) is 2. The Morgan fingerprint density at radius 3 is 2.96 bits per heavy atom. The number of benzene rings is 2. The molecule has 0 unspecified atom stereocenters. The number of halogens is 1. The van der Waals surface area contributed by atoms with Crippen molar-refractivity contribution in [2.75, 3.05) is 6.79 Å². The number of hydrogen-bond acceptors (Lipinski definition) is 5. The van der Waals surface area contributed by atoms with Crippen LogP contribution in [0.1, 0.15) is 21.6 Å². The number of aromatic nitrogens is 2. The van der Waals surface area contributed by atoms with Gasteiger partial charge in [0.05, 0.1) is 23.8 Å². The van der Waals surface area contributed by atoms with Crippen LogP contribution < -0.4 is 10.1 Å². The van der Waals surface area contributed by atoms with Gasteiger partial charge in [-0.25, -0.2) is 9.37 Å². The minimum atomic E-state index is -0.400. The van der Waals surface area contributed by atoms with Crippen molar-refractivity contribution in [2.45, 2.75) is 13.2 Å². The van der Waals surface area contributed by atoms with Gasteiger partial charge >= 0.3 is 0 Å². The molecule has 0 saturated carbocycles. The second-order valence-electron chi connectivity index (χ2n) is 5.59. The summed E-state index contributed by atoms with van der Waals surface area (Å²) < 4.78 is 24.3. The lowest BCUT2D eigenvalue weighted by Gasteiger charge is -2.21. The molecule has 0 atom stereocenters. The number of hydrogen-bond donors (Lipinski definition) is 1. The molecule has 4 rings (SSSR count). The largest absolute Gasteiger partial charge is 0.467 e. The first-order chi connectivity index (χ1) is 12.2. The van der Waals surface area contributed by atoms with Crippen LogP contribution in [0.3, 0.4) is 0 Å². The molecule has 7 heteroatoms. The molecule has 1 aromatic heterocycles. The third-order valence-electron chi connectivity index (χ3n) is 3.87. The standard InChI is InChI=1S/C18H14FN3O3/c19-13-5-11(17-12(6-13)9-24-10-25-17)7-21-18(23)16-8-20-14-3-1-2-4-15(14)22-16/h1-6,8H,7,9-10H2,(H,21,23). The van der Waals surface area contributed by atoms with Crippen molar-refractivity contribution in [1.29, 1.82) is 0 Å². The molecule has 0 fully saturated rings. The Morgan fingerprint density at radius 2 is 2.08 bits per heavy atom. The SMILES string of the molecule is O=C(NCc1cc(F)cc2c1OCOC2)c1cnc2ccccc2n1. The van der Waals surface area contributed by atoms with Crippen molar-refractivity contribution < 1.29 is 18.7 Å². The number of para-hydroxylation sites is 2. The van der Waals surface area contributed by atoms with Gasteiger partial charge in [0.1, 0.15) is 17.3 Å². The zero-order valence-corrected chi connectivity index (χ0v) is 13.2. The highest BCUT2D eigenvalue weighted by atomic mass is 19.1. The molecule has 3 aromatic rings. The molecular formula is C18H14FN3O3. The third-order valence-corrected chi connectivity index (χ3v) is 3.87. The minimum absolute atomic E-state index is 0.107. The topological polar surface area (TPSA) is 73.3 Å². The van der Waals surface area contributed by atoms with Crippen LogP contribution in [0.15, 0.2) is 42.6 Å². The van der Waals surface area contributed by atoms with E-state index in [0.29, 0.717) is 27.9 Å². The molecule has 6 nitrogen and oxygen atoms in total. The van der Waals surface area contributed by atoms with E-state index in [-0.39, 0.29) is 31.5 Å². The molecule has 2 aromatic carbocycles. The summed E-state index contributed by atoms with van der Waals surface area (Å²) in [6.45, 7) is 0.507. The van der Waals surface area contributed by atoms with E-state index in [9.17, 15) is 9.18 Å². The van der Waals surface area contributed by atoms with Crippen molar-refractivity contribution in [1.82, 2.24) is 15.3 Å². The van der Waals surface area contributed by atoms with Crippen molar-refractivity contribution in [3.8, 4) is 5.75 Å². The minimum Gasteiger partial charge on any atom is -0.467 e. The number of carbonyl (C=O) groups excluding carboxylic acids is 1. The average molecular weight is 339 g/mol. The lowest BCUT2D eigenvalue weighted by Crippen LogP contribution is -2.25. The highest BCUT2D eigenvalue weighted by Crippen LogP contribution is 2.29. The number of fused-ring (bicyclic) bond motifs is 2. The smallest absolute Gasteiger partial charge is 0.271 e. The molecule has 0 bridgehead atoms. The normalized spacial score (nSPS) is 13.2. The lowest BCUT2D eigenvalue weighted by molar-refractivity contribution is -0.0173. The molecule has 1 aliphatic heterocycles. The number of amides is 1. The maximum Gasteiger partial charge on any atom is 0.271 e. The zero-order valence-electron chi connectivity index (χ0n) is 13.2. The van der Waals surface area contributed by atoms with E-state index < -0.39 is 5.82 Å². The fraction of sp³-hybridized carbons (Fsp3) is 0.167. The number of rotatable bonds is 3. The first-order valence-electron chi connectivity index (χ1n) is 7.72. The van der Waals surface area contributed by atoms with E-state index >= 15 is 0 Å². The van der Waals surface area contributed by atoms with Gasteiger partial charge in [0.2, 0.25) is 0 Å². The summed E-state index contributed by atoms with van der Waals surface area (Å²) in [6.07, 6.45) is 1.42. The van der Waals surface area contributed by atoms with Gasteiger partial charge in [-0.2, -0.15) is 0 Å². The summed E-state index contributed by atoms with van der Waals surface area (Å²) in [4.78, 5) is 20.9. The van der Waals surface area contributed by atoms with E-state index in [2.05, 4.69) is 15.3 Å². The molecule has 1 amide bonds. The van der Waals surface area contributed by atoms with Crippen LogP contribution in [0, 0.1) is 5.82 Å². The summed E-state index contributed by atoms with van der Waals surface area (Å²) in [7, 11) is 0. The molecule has 0 radical (unpaired) electrons. The maximum atomic E-state index is 13.7. The number of nitrogens with one attached hydrogen (secondary N) is 1. The summed E-state index contributed by atoms with van der Waals surface area (Å²) in [5.41, 5.74) is 2.74. The monoisotopic (exact) mass is 339 g/mol. The summed E-state index contributed by atoms with van der Waals surface area (Å²) in [5, 5.41) is 2.73. The molecule has 0 saturated heterocycles. The van der Waals surface area contributed by atoms with Gasteiger partial charge in [-0.15, -0.1) is 0 Å². The Morgan fingerprint density at radius 1 is 1.24 bits per heavy atom. The van der Waals surface area contributed by atoms with Gasteiger partial charge in [0, 0.05) is 17.7 Å². The van der Waals surface area contributed by atoms with E-state index in [4.69, 9.17) is 9.47 Å². The second-order valence-corrected chi connectivity index (χ2v) is 5.59. The van der Waals surface area contributed by atoms with Gasteiger partial charge in [-0.3, -0.25) is 9.78 Å². The van der Waals surface area contributed by atoms with E-state index in [1.165, 1.54) is 18.3 Å². The molecule has 1 N–H and O–H groups in total. The predicted octanol–water partition coefficient (Wildman–Crippen LogP) is 2.57. The van der Waals surface area contributed by atoms with Crippen LogP contribution in [0.5, 0.6) is 5.75 Å². The predicted molar refractivity (Wildman–Crippen MR) is 87.4 cm³/mol. The van der Waals surface area contributed by atoms with Crippen LogP contribution in [0.25, 0.3) is 11.0 Å². The zero-order chi connectivity index (χ0) is 17.2. The maximum absolute atomic E-state index is 13.7. The average Bonchev–Trinajstić information content (AvgIpc) is 2.65. The number of ether oxygens (including phenoxy) is 2. The molecule has 25 heavy (non-hydrogen) atoms. The van der Waals surface area contributed by atoms with Gasteiger partial charge in [-0.1, -0.05) is 12.1 Å². The number of carbonyl (C=O) groups is 1. The van der Waals surface area contributed by atoms with E-state index in [1.807, 2.05) is 18.2 Å². The molecule has 0 spiro atoms. The lowest BCUT2D eigenvalue weighted by atomic mass is 10.1. The fourth-order valence-electron chi connectivity index (χ4n) is 2.72. The van der Waals surface area contributed by atoms with Crippen LogP contribution in [0.4, 0.5) is 4.39 Å². The van der Waals surface area contributed by atoms with Crippen LogP contribution in [0.2, 0.25) is 0 Å². The highest BCUT2D eigenvalue weighted by molar-refractivity contribution is 5.93. The Hall–Kier alpha value is -3.06. The molecule has 0 aliphatic carbocycles. The van der Waals surface area contributed by atoms with Crippen molar-refractivity contribution in [3.05, 3.63) is 65.2 Å². The van der Waals surface area contributed by atoms with Gasteiger partial charge < -0.3 is 14.8 Å². The first-order valence-corrected chi connectivity index (χ1v) is 7.72. The molecule has 126 valence electrons. The van der Waals surface area contributed by atoms with Gasteiger partial charge in [0.15, 0.2) is 6.79 Å². The highest BCUT2D eigenvalue weighted by Gasteiger charge is 2.18. The third kappa shape index (κ3) is 3.14. The van der Waals surface area contributed by atoms with Crippen LogP contribution >= 0.6 is 0 Å². The van der Waals surface area contributed by atoms with E-state index in [0.717, 1.165) is 0 Å². The van der Waals surface area contributed by atoms with Gasteiger partial charge in [-0.05, 0) is 24.3 Å². The Bertz CT molecular complexity index is 961. The molecule has 2 heterocycles. The van der Waals surface area contributed by atoms with Gasteiger partial charge in [0.25, 0.3) is 5.91 Å². The fourth-order valence-corrected chi connectivity index (χ4v) is 2.72. The molecule has 1 aliphatic rings. The summed E-state index contributed by atoms with van der Waals surface area (Å²) in [5.74, 6) is -0.233. The van der Waals surface area contributed by atoms with Crippen molar-refractivity contribution in [2.24, 2.45) is 0 Å². The Balaban J connectivity index is 1.54. The Labute approximate surface area is 142 Å². The quantitative estimate of drug-likeness (QED) is 0.794.